The van der Waals surface area contributed by atoms with E-state index in [0.29, 0.717) is 19.0 Å². The van der Waals surface area contributed by atoms with Crippen molar-refractivity contribution in [3.63, 3.8) is 0 Å². The van der Waals surface area contributed by atoms with Gasteiger partial charge in [-0.25, -0.2) is 13.2 Å². The summed E-state index contributed by atoms with van der Waals surface area (Å²) in [4.78, 5) is 1.91. The first-order valence-electron chi connectivity index (χ1n) is 8.68. The Hall–Kier alpha value is -2.14. The van der Waals surface area contributed by atoms with Gasteiger partial charge < -0.3 is 10.3 Å². The standard InChI is InChI=1S/C17H19F6N5/c1-9(4-11(24)5-10-6-13(19)14(20)7-12(10)18)27-2-3-28-15(8-27)25-26-16(28)17(21,22)23/h6-7,9,11H,2-5,8,24H2,1H3/t9?,11-/m0/s1. The second-order valence-electron chi connectivity index (χ2n) is 6.97. The van der Waals surface area contributed by atoms with Gasteiger partial charge in [0.2, 0.25) is 5.82 Å². The van der Waals surface area contributed by atoms with E-state index in [2.05, 4.69) is 10.2 Å². The van der Waals surface area contributed by atoms with Crippen molar-refractivity contribution < 1.29 is 26.3 Å². The maximum atomic E-state index is 13.8. The molecule has 3 rings (SSSR count). The summed E-state index contributed by atoms with van der Waals surface area (Å²) in [6, 6.07) is 0.594. The zero-order valence-electron chi connectivity index (χ0n) is 15.0. The summed E-state index contributed by atoms with van der Waals surface area (Å²) in [5, 5.41) is 6.86. The van der Waals surface area contributed by atoms with Gasteiger partial charge in [0.25, 0.3) is 0 Å². The number of nitrogens with two attached hydrogens (primary N) is 1. The van der Waals surface area contributed by atoms with Crippen LogP contribution >= 0.6 is 0 Å². The monoisotopic (exact) mass is 407 g/mol. The van der Waals surface area contributed by atoms with Crippen molar-refractivity contribution in [3.8, 4) is 0 Å². The molecule has 1 aliphatic heterocycles. The van der Waals surface area contributed by atoms with E-state index in [1.54, 1.807) is 0 Å². The van der Waals surface area contributed by atoms with Crippen LogP contribution in [0, 0.1) is 17.5 Å². The van der Waals surface area contributed by atoms with Crippen molar-refractivity contribution in [2.24, 2.45) is 5.73 Å². The summed E-state index contributed by atoms with van der Waals surface area (Å²) in [6.07, 6.45) is -4.16. The number of benzene rings is 1. The van der Waals surface area contributed by atoms with Gasteiger partial charge in [-0.3, -0.25) is 4.90 Å². The summed E-state index contributed by atoms with van der Waals surface area (Å²) >= 11 is 0. The molecule has 1 unspecified atom stereocenters. The topological polar surface area (TPSA) is 60.0 Å². The smallest absolute Gasteiger partial charge is 0.327 e. The van der Waals surface area contributed by atoms with E-state index in [1.165, 1.54) is 0 Å². The van der Waals surface area contributed by atoms with Crippen LogP contribution in [0.15, 0.2) is 12.1 Å². The lowest BCUT2D eigenvalue weighted by Gasteiger charge is -2.34. The van der Waals surface area contributed by atoms with E-state index >= 15 is 0 Å². The lowest BCUT2D eigenvalue weighted by Crippen LogP contribution is -2.43. The second kappa shape index (κ2) is 7.70. The number of hydrogen-bond acceptors (Lipinski definition) is 4. The third-order valence-electron chi connectivity index (χ3n) is 4.87. The molecule has 0 fully saturated rings. The lowest BCUT2D eigenvalue weighted by molar-refractivity contribution is -0.148. The van der Waals surface area contributed by atoms with Crippen LogP contribution in [0.5, 0.6) is 0 Å². The zero-order chi connectivity index (χ0) is 20.6. The number of hydrogen-bond donors (Lipinski definition) is 1. The first-order chi connectivity index (χ1) is 13.1. The number of alkyl halides is 3. The minimum Gasteiger partial charge on any atom is -0.327 e. The van der Waals surface area contributed by atoms with Crippen LogP contribution in [0.4, 0.5) is 26.3 Å². The number of aromatic nitrogens is 3. The fourth-order valence-electron chi connectivity index (χ4n) is 3.44. The molecule has 0 radical (unpaired) electrons. The van der Waals surface area contributed by atoms with Gasteiger partial charge in [0.1, 0.15) is 11.6 Å². The van der Waals surface area contributed by atoms with Crippen LogP contribution in [0.1, 0.15) is 30.6 Å². The predicted molar refractivity (Wildman–Crippen MR) is 87.5 cm³/mol. The molecule has 28 heavy (non-hydrogen) atoms. The van der Waals surface area contributed by atoms with E-state index in [4.69, 9.17) is 5.73 Å². The van der Waals surface area contributed by atoms with Crippen molar-refractivity contribution in [2.75, 3.05) is 6.54 Å². The van der Waals surface area contributed by atoms with Gasteiger partial charge in [0.15, 0.2) is 11.6 Å². The molecule has 2 atom stereocenters. The molecular formula is C17H19F6N5. The fraction of sp³-hybridized carbons (Fsp3) is 0.529. The first-order valence-corrected chi connectivity index (χ1v) is 8.68. The van der Waals surface area contributed by atoms with Gasteiger partial charge in [-0.2, -0.15) is 13.2 Å². The van der Waals surface area contributed by atoms with Crippen LogP contribution in [0.3, 0.4) is 0 Å². The molecule has 0 saturated heterocycles. The minimum atomic E-state index is -4.56. The zero-order valence-corrected chi connectivity index (χ0v) is 15.0. The van der Waals surface area contributed by atoms with Crippen LogP contribution < -0.4 is 5.73 Å². The Morgan fingerprint density at radius 1 is 1.07 bits per heavy atom. The molecular weight excluding hydrogens is 388 g/mol. The van der Waals surface area contributed by atoms with Crippen molar-refractivity contribution in [1.82, 2.24) is 19.7 Å². The molecule has 1 aromatic carbocycles. The van der Waals surface area contributed by atoms with Crippen molar-refractivity contribution >= 4 is 0 Å². The van der Waals surface area contributed by atoms with Crippen molar-refractivity contribution in [1.29, 1.82) is 0 Å². The Balaban J connectivity index is 1.62. The van der Waals surface area contributed by atoms with Gasteiger partial charge in [-0.1, -0.05) is 0 Å². The molecule has 5 nitrogen and oxygen atoms in total. The highest BCUT2D eigenvalue weighted by Gasteiger charge is 2.39. The molecule has 0 bridgehead atoms. The Morgan fingerprint density at radius 3 is 2.43 bits per heavy atom. The third kappa shape index (κ3) is 4.30. The fourth-order valence-corrected chi connectivity index (χ4v) is 3.44. The summed E-state index contributed by atoms with van der Waals surface area (Å²) in [7, 11) is 0. The summed E-state index contributed by atoms with van der Waals surface area (Å²) in [6.45, 7) is 2.46. The summed E-state index contributed by atoms with van der Waals surface area (Å²) in [5.74, 6) is -4.08. The van der Waals surface area contributed by atoms with E-state index in [9.17, 15) is 26.3 Å². The average Bonchev–Trinajstić information content (AvgIpc) is 3.03. The quantitative estimate of drug-likeness (QED) is 0.612. The largest absolute Gasteiger partial charge is 0.451 e. The highest BCUT2D eigenvalue weighted by atomic mass is 19.4. The number of rotatable bonds is 5. The number of nitrogens with zero attached hydrogens (tertiary/aromatic N) is 4. The van der Waals surface area contributed by atoms with Gasteiger partial charge >= 0.3 is 6.18 Å². The maximum absolute atomic E-state index is 13.8. The Labute approximate surface area is 157 Å². The SMILES string of the molecule is CC(C[C@H](N)Cc1cc(F)c(F)cc1F)N1CCn2c(nnc2C(F)(F)F)C1. The first kappa shape index (κ1) is 20.6. The van der Waals surface area contributed by atoms with Gasteiger partial charge in [-0.15, -0.1) is 10.2 Å². The van der Waals surface area contributed by atoms with Crippen LogP contribution in [-0.4, -0.2) is 38.3 Å². The van der Waals surface area contributed by atoms with Crippen LogP contribution in [-0.2, 0) is 25.7 Å². The minimum absolute atomic E-state index is 0.00954. The highest BCUT2D eigenvalue weighted by molar-refractivity contribution is 5.21. The van der Waals surface area contributed by atoms with E-state index in [1.807, 2.05) is 11.8 Å². The molecule has 2 N–H and O–H groups in total. The van der Waals surface area contributed by atoms with E-state index in [-0.39, 0.29) is 36.9 Å². The molecule has 0 amide bonds. The van der Waals surface area contributed by atoms with Crippen LogP contribution in [0.2, 0.25) is 0 Å². The second-order valence-corrected chi connectivity index (χ2v) is 6.97. The normalized spacial score (nSPS) is 17.4. The average molecular weight is 407 g/mol. The lowest BCUT2D eigenvalue weighted by atomic mass is 9.99. The van der Waals surface area contributed by atoms with Crippen LogP contribution in [0.25, 0.3) is 0 Å². The Bertz CT molecular complexity index is 849. The number of fused-ring (bicyclic) bond motifs is 1. The van der Waals surface area contributed by atoms with Crippen molar-refractivity contribution in [3.05, 3.63) is 46.8 Å². The molecule has 0 spiro atoms. The third-order valence-corrected chi connectivity index (χ3v) is 4.87. The molecule has 1 aromatic heterocycles. The molecule has 0 saturated carbocycles. The van der Waals surface area contributed by atoms with E-state index < -0.39 is 35.5 Å². The summed E-state index contributed by atoms with van der Waals surface area (Å²) in [5.41, 5.74) is 6.01. The molecule has 1 aliphatic rings. The predicted octanol–water partition coefficient (Wildman–Crippen LogP) is 2.88. The highest BCUT2D eigenvalue weighted by Crippen LogP contribution is 2.30. The molecule has 2 aromatic rings. The van der Waals surface area contributed by atoms with Gasteiger partial charge in [0.05, 0.1) is 6.54 Å². The summed E-state index contributed by atoms with van der Waals surface area (Å²) < 4.78 is 79.8. The Morgan fingerprint density at radius 2 is 1.75 bits per heavy atom. The molecule has 11 heteroatoms. The molecule has 2 heterocycles. The van der Waals surface area contributed by atoms with Crippen molar-refractivity contribution in [2.45, 2.75) is 51.1 Å². The Kier molecular flexibility index (Phi) is 5.67. The van der Waals surface area contributed by atoms with Gasteiger partial charge in [0, 0.05) is 31.2 Å². The number of halogens is 6. The molecule has 0 aliphatic carbocycles. The van der Waals surface area contributed by atoms with Gasteiger partial charge in [-0.05, 0) is 31.4 Å². The maximum Gasteiger partial charge on any atom is 0.451 e. The molecule has 154 valence electrons. The van der Waals surface area contributed by atoms with E-state index in [0.717, 1.165) is 10.6 Å².